The lowest BCUT2D eigenvalue weighted by atomic mass is 10.2. The third-order valence-corrected chi connectivity index (χ3v) is 3.23. The Morgan fingerprint density at radius 2 is 1.86 bits per heavy atom. The van der Waals surface area contributed by atoms with Crippen molar-refractivity contribution in [3.8, 4) is 11.5 Å². The number of hydrogen-bond acceptors (Lipinski definition) is 4. The molecule has 1 aromatic rings. The Kier molecular flexibility index (Phi) is 6.94. The van der Waals surface area contributed by atoms with E-state index in [0.29, 0.717) is 41.7 Å². The molecule has 0 spiro atoms. The van der Waals surface area contributed by atoms with Crippen molar-refractivity contribution in [1.82, 2.24) is 4.90 Å². The second kappa shape index (κ2) is 8.46. The lowest BCUT2D eigenvalue weighted by Gasteiger charge is -2.19. The molecule has 0 aliphatic carbocycles. The van der Waals surface area contributed by atoms with Gasteiger partial charge in [-0.2, -0.15) is 0 Å². The molecule has 116 valence electrons. The van der Waals surface area contributed by atoms with Gasteiger partial charge in [-0.25, -0.2) is 0 Å². The molecule has 5 nitrogen and oxygen atoms in total. The van der Waals surface area contributed by atoms with Gasteiger partial charge in [0.15, 0.2) is 18.1 Å². The van der Waals surface area contributed by atoms with Gasteiger partial charge in [0.25, 0.3) is 5.91 Å². The molecule has 2 N–H and O–H groups in total. The monoisotopic (exact) mass is 310 g/mol. The second-order valence-corrected chi connectivity index (χ2v) is 4.75. The molecule has 0 aliphatic rings. The summed E-state index contributed by atoms with van der Waals surface area (Å²) in [5, 5.41) is 0. The van der Waals surface area contributed by atoms with E-state index in [4.69, 9.17) is 27.4 Å². The Morgan fingerprint density at radius 3 is 2.38 bits per heavy atom. The van der Waals surface area contributed by atoms with Crippen molar-refractivity contribution in [3.05, 3.63) is 23.8 Å². The number of nitrogens with two attached hydrogens (primary N) is 1. The molecule has 21 heavy (non-hydrogen) atoms. The quantitative estimate of drug-likeness (QED) is 0.744. The van der Waals surface area contributed by atoms with Gasteiger partial charge in [0, 0.05) is 18.7 Å². The molecule has 1 aromatic carbocycles. The summed E-state index contributed by atoms with van der Waals surface area (Å²) in [5.41, 5.74) is 6.31. The second-order valence-electron chi connectivity index (χ2n) is 4.31. The molecule has 0 bridgehead atoms. The highest BCUT2D eigenvalue weighted by Crippen LogP contribution is 2.28. The van der Waals surface area contributed by atoms with Gasteiger partial charge in [0.05, 0.1) is 6.61 Å². The zero-order valence-electron chi connectivity index (χ0n) is 12.7. The summed E-state index contributed by atoms with van der Waals surface area (Å²) in [7, 11) is 0. The number of hydrogen-bond donors (Lipinski definition) is 1. The van der Waals surface area contributed by atoms with E-state index in [9.17, 15) is 4.79 Å². The van der Waals surface area contributed by atoms with Gasteiger partial charge >= 0.3 is 0 Å². The van der Waals surface area contributed by atoms with E-state index in [1.165, 1.54) is 0 Å². The molecule has 0 fully saturated rings. The van der Waals surface area contributed by atoms with Crippen LogP contribution in [0.15, 0.2) is 18.2 Å². The van der Waals surface area contributed by atoms with Crippen LogP contribution in [0.4, 0.5) is 0 Å². The molecule has 0 saturated heterocycles. The number of thiocarbonyl (C=S) groups is 1. The fourth-order valence-corrected chi connectivity index (χ4v) is 1.98. The first-order chi connectivity index (χ1) is 10.0. The maximum absolute atomic E-state index is 11.9. The first kappa shape index (κ1) is 17.2. The molecule has 0 aromatic heterocycles. The van der Waals surface area contributed by atoms with Gasteiger partial charge in [-0.15, -0.1) is 0 Å². The molecule has 0 radical (unpaired) electrons. The van der Waals surface area contributed by atoms with Crippen LogP contribution in [0.25, 0.3) is 0 Å². The molecule has 0 saturated carbocycles. The minimum atomic E-state index is -0.0547. The number of nitrogens with zero attached hydrogens (tertiary/aromatic N) is 1. The Morgan fingerprint density at radius 1 is 1.19 bits per heavy atom. The summed E-state index contributed by atoms with van der Waals surface area (Å²) in [4.78, 5) is 13.9. The van der Waals surface area contributed by atoms with E-state index < -0.39 is 0 Å². The third-order valence-electron chi connectivity index (χ3n) is 3.00. The van der Waals surface area contributed by atoms with Gasteiger partial charge in [-0.1, -0.05) is 12.2 Å². The van der Waals surface area contributed by atoms with Gasteiger partial charge < -0.3 is 20.1 Å². The predicted octanol–water partition coefficient (Wildman–Crippen LogP) is 1.97. The van der Waals surface area contributed by atoms with E-state index in [-0.39, 0.29) is 12.5 Å². The molecule has 1 amide bonds. The van der Waals surface area contributed by atoms with Crippen molar-refractivity contribution in [2.24, 2.45) is 5.73 Å². The van der Waals surface area contributed by atoms with E-state index in [1.807, 2.05) is 20.8 Å². The summed E-state index contributed by atoms with van der Waals surface area (Å²) in [6.45, 7) is 7.54. The summed E-state index contributed by atoms with van der Waals surface area (Å²) in [6, 6.07) is 5.19. The zero-order chi connectivity index (χ0) is 15.8. The van der Waals surface area contributed by atoms with E-state index in [2.05, 4.69) is 0 Å². The van der Waals surface area contributed by atoms with Gasteiger partial charge in [-0.3, -0.25) is 4.79 Å². The Labute approximate surface area is 131 Å². The maximum Gasteiger partial charge on any atom is 0.260 e. The standard InChI is InChI=1S/C15H22N2O3S/c1-4-17(5-2)14(18)10-20-12-8-7-11(15(16)21)9-13(12)19-6-3/h7-9H,4-6,10H2,1-3H3,(H2,16,21). The Bertz CT molecular complexity index is 502. The highest BCUT2D eigenvalue weighted by Gasteiger charge is 2.13. The first-order valence-electron chi connectivity index (χ1n) is 7.00. The Hall–Kier alpha value is -1.82. The maximum atomic E-state index is 11.9. The van der Waals surface area contributed by atoms with Gasteiger partial charge in [0.1, 0.15) is 4.99 Å². The number of benzene rings is 1. The van der Waals surface area contributed by atoms with Crippen LogP contribution in [0.3, 0.4) is 0 Å². The van der Waals surface area contributed by atoms with Crippen LogP contribution in [0.2, 0.25) is 0 Å². The number of carbonyl (C=O) groups excluding carboxylic acids is 1. The van der Waals surface area contributed by atoms with Crippen molar-refractivity contribution in [1.29, 1.82) is 0 Å². The lowest BCUT2D eigenvalue weighted by Crippen LogP contribution is -2.34. The molecule has 0 atom stereocenters. The average Bonchev–Trinajstić information content (AvgIpc) is 2.47. The SMILES string of the molecule is CCOc1cc(C(N)=S)ccc1OCC(=O)N(CC)CC. The summed E-state index contributed by atoms with van der Waals surface area (Å²) in [6.07, 6.45) is 0. The average molecular weight is 310 g/mol. The highest BCUT2D eigenvalue weighted by molar-refractivity contribution is 7.80. The van der Waals surface area contributed by atoms with Crippen LogP contribution in [0.5, 0.6) is 11.5 Å². The number of carbonyl (C=O) groups is 1. The Balaban J connectivity index is 2.82. The van der Waals surface area contributed by atoms with Crippen LogP contribution in [-0.2, 0) is 4.79 Å². The largest absolute Gasteiger partial charge is 0.490 e. The van der Waals surface area contributed by atoms with Gasteiger partial charge in [-0.05, 0) is 39.0 Å². The first-order valence-corrected chi connectivity index (χ1v) is 7.41. The smallest absolute Gasteiger partial charge is 0.260 e. The normalized spacial score (nSPS) is 10.0. The number of ether oxygens (including phenoxy) is 2. The van der Waals surface area contributed by atoms with Crippen molar-refractivity contribution in [2.75, 3.05) is 26.3 Å². The van der Waals surface area contributed by atoms with Crippen LogP contribution >= 0.6 is 12.2 Å². The third kappa shape index (κ3) is 4.90. The van der Waals surface area contributed by atoms with E-state index in [0.717, 1.165) is 0 Å². The topological polar surface area (TPSA) is 64.8 Å². The lowest BCUT2D eigenvalue weighted by molar-refractivity contribution is -0.132. The molecular formula is C15H22N2O3S. The summed E-state index contributed by atoms with van der Waals surface area (Å²) in [5.74, 6) is 0.994. The number of rotatable bonds is 8. The molecule has 0 aliphatic heterocycles. The highest BCUT2D eigenvalue weighted by atomic mass is 32.1. The van der Waals surface area contributed by atoms with Crippen molar-refractivity contribution < 1.29 is 14.3 Å². The van der Waals surface area contributed by atoms with Gasteiger partial charge in [0.2, 0.25) is 0 Å². The zero-order valence-corrected chi connectivity index (χ0v) is 13.5. The van der Waals surface area contributed by atoms with Crippen LogP contribution < -0.4 is 15.2 Å². The predicted molar refractivity (Wildman–Crippen MR) is 86.9 cm³/mol. The molecule has 0 unspecified atom stereocenters. The fraction of sp³-hybridized carbons (Fsp3) is 0.467. The number of amides is 1. The summed E-state index contributed by atoms with van der Waals surface area (Å²) < 4.78 is 11.1. The number of likely N-dealkylation sites (N-methyl/N-ethyl adjacent to an activating group) is 1. The molecule has 0 heterocycles. The van der Waals surface area contributed by atoms with Crippen LogP contribution in [-0.4, -0.2) is 42.1 Å². The minimum Gasteiger partial charge on any atom is -0.490 e. The molecule has 6 heteroatoms. The molecule has 1 rings (SSSR count). The van der Waals surface area contributed by atoms with E-state index >= 15 is 0 Å². The fourth-order valence-electron chi connectivity index (χ4n) is 1.86. The van der Waals surface area contributed by atoms with Crippen molar-refractivity contribution in [2.45, 2.75) is 20.8 Å². The summed E-state index contributed by atoms with van der Waals surface area (Å²) >= 11 is 4.94. The van der Waals surface area contributed by atoms with E-state index in [1.54, 1.807) is 23.1 Å². The molecular weight excluding hydrogens is 288 g/mol. The minimum absolute atomic E-state index is 0.0197. The van der Waals surface area contributed by atoms with Crippen LogP contribution in [0, 0.1) is 0 Å². The van der Waals surface area contributed by atoms with Crippen molar-refractivity contribution >= 4 is 23.1 Å². The van der Waals surface area contributed by atoms with Crippen LogP contribution in [0.1, 0.15) is 26.3 Å². The van der Waals surface area contributed by atoms with Crippen molar-refractivity contribution in [3.63, 3.8) is 0 Å².